The highest BCUT2D eigenvalue weighted by Crippen LogP contribution is 2.28. The monoisotopic (exact) mass is 627 g/mol. The van der Waals surface area contributed by atoms with Gasteiger partial charge in [0.25, 0.3) is 5.91 Å². The van der Waals surface area contributed by atoms with Crippen LogP contribution in [0.25, 0.3) is 16.4 Å². The van der Waals surface area contributed by atoms with E-state index < -0.39 is 10.0 Å². The zero-order chi connectivity index (χ0) is 27.7. The minimum absolute atomic E-state index is 0.132. The van der Waals surface area contributed by atoms with Crippen LogP contribution >= 0.6 is 27.3 Å². The SMILES string of the molecule is CCCc1c(C(=O)N2CCN(S(=O)(=O)c3ccc(Br)cc3)C(C)C2)cnn1-c1nc(-c2ccc(C)cc2)cs1. The summed E-state index contributed by atoms with van der Waals surface area (Å²) in [5.41, 5.74) is 4.47. The zero-order valence-corrected chi connectivity index (χ0v) is 25.3. The van der Waals surface area contributed by atoms with E-state index in [1.807, 2.05) is 12.3 Å². The molecular formula is C28H30BrN5O3S2. The highest BCUT2D eigenvalue weighted by atomic mass is 79.9. The van der Waals surface area contributed by atoms with Crippen molar-refractivity contribution in [2.45, 2.75) is 44.6 Å². The van der Waals surface area contributed by atoms with Crippen molar-refractivity contribution >= 4 is 43.2 Å². The van der Waals surface area contributed by atoms with E-state index in [1.54, 1.807) is 40.0 Å². The second-order valence-corrected chi connectivity index (χ2v) is 13.4. The van der Waals surface area contributed by atoms with Crippen LogP contribution in [0.1, 0.15) is 41.9 Å². The number of hydrogen-bond donors (Lipinski definition) is 0. The number of piperazine rings is 1. The van der Waals surface area contributed by atoms with Crippen LogP contribution in [0, 0.1) is 6.92 Å². The first kappa shape index (κ1) is 27.7. The predicted molar refractivity (Wildman–Crippen MR) is 157 cm³/mol. The molecule has 2 aromatic heterocycles. The summed E-state index contributed by atoms with van der Waals surface area (Å²) >= 11 is 4.84. The number of hydrogen-bond acceptors (Lipinski definition) is 6. The van der Waals surface area contributed by atoms with E-state index in [-0.39, 0.29) is 23.4 Å². The first-order chi connectivity index (χ1) is 18.7. The number of sulfonamides is 1. The molecular weight excluding hydrogens is 598 g/mol. The Morgan fingerprint density at radius 1 is 1.10 bits per heavy atom. The Bertz CT molecular complexity index is 1580. The van der Waals surface area contributed by atoms with Crippen LogP contribution in [0.4, 0.5) is 0 Å². The van der Waals surface area contributed by atoms with Crippen LogP contribution < -0.4 is 0 Å². The molecule has 0 bridgehead atoms. The third kappa shape index (κ3) is 5.58. The third-order valence-electron chi connectivity index (χ3n) is 6.88. The van der Waals surface area contributed by atoms with Crippen LogP contribution in [0.3, 0.4) is 0 Å². The predicted octanol–water partition coefficient (Wildman–Crippen LogP) is 5.55. The number of thiazole rings is 1. The van der Waals surface area contributed by atoms with Crippen LogP contribution in [0.15, 0.2) is 69.5 Å². The summed E-state index contributed by atoms with van der Waals surface area (Å²) in [5.74, 6) is -0.132. The van der Waals surface area contributed by atoms with Gasteiger partial charge in [-0.2, -0.15) is 9.40 Å². The Labute approximate surface area is 241 Å². The largest absolute Gasteiger partial charge is 0.336 e. The Balaban J connectivity index is 1.36. The van der Waals surface area contributed by atoms with Crippen LogP contribution in [-0.2, 0) is 16.4 Å². The highest BCUT2D eigenvalue weighted by molar-refractivity contribution is 9.10. The number of benzene rings is 2. The summed E-state index contributed by atoms with van der Waals surface area (Å²) in [7, 11) is -3.66. The zero-order valence-electron chi connectivity index (χ0n) is 22.0. The van der Waals surface area contributed by atoms with Gasteiger partial charge in [-0.25, -0.2) is 18.1 Å². The number of carbonyl (C=O) groups excluding carboxylic acids is 1. The lowest BCUT2D eigenvalue weighted by Crippen LogP contribution is -2.55. The molecule has 0 N–H and O–H groups in total. The van der Waals surface area contributed by atoms with E-state index in [0.29, 0.717) is 30.2 Å². The molecule has 204 valence electrons. The van der Waals surface area contributed by atoms with E-state index in [4.69, 9.17) is 4.98 Å². The van der Waals surface area contributed by atoms with Gasteiger partial charge in [-0.15, -0.1) is 11.3 Å². The molecule has 1 unspecified atom stereocenters. The topological polar surface area (TPSA) is 88.4 Å². The second kappa shape index (κ2) is 11.3. The van der Waals surface area contributed by atoms with Crippen molar-refractivity contribution in [1.82, 2.24) is 24.0 Å². The molecule has 8 nitrogen and oxygen atoms in total. The summed E-state index contributed by atoms with van der Waals surface area (Å²) in [6.07, 6.45) is 3.14. The number of amides is 1. The Morgan fingerprint density at radius 3 is 2.49 bits per heavy atom. The minimum Gasteiger partial charge on any atom is -0.336 e. The molecule has 1 amide bonds. The Hall–Kier alpha value is -2.86. The molecule has 1 fully saturated rings. The second-order valence-electron chi connectivity index (χ2n) is 9.72. The van der Waals surface area contributed by atoms with Crippen LogP contribution in [0.2, 0.25) is 0 Å². The minimum atomic E-state index is -3.66. The number of carbonyl (C=O) groups is 1. The number of halogens is 1. The van der Waals surface area contributed by atoms with E-state index in [9.17, 15) is 13.2 Å². The van der Waals surface area contributed by atoms with Crippen molar-refractivity contribution in [3.63, 3.8) is 0 Å². The van der Waals surface area contributed by atoms with Gasteiger partial charge in [-0.1, -0.05) is 59.1 Å². The van der Waals surface area contributed by atoms with Gasteiger partial charge >= 0.3 is 0 Å². The normalized spacial score (nSPS) is 16.5. The van der Waals surface area contributed by atoms with Crippen molar-refractivity contribution < 1.29 is 13.2 Å². The first-order valence-corrected chi connectivity index (χ1v) is 16.0. The lowest BCUT2D eigenvalue weighted by molar-refractivity contribution is 0.0641. The molecule has 1 aliphatic rings. The molecule has 1 aliphatic heterocycles. The average molecular weight is 629 g/mol. The van der Waals surface area contributed by atoms with Crippen LogP contribution in [0.5, 0.6) is 0 Å². The maximum atomic E-state index is 13.7. The maximum Gasteiger partial charge on any atom is 0.257 e. The van der Waals surface area contributed by atoms with Gasteiger partial charge in [0.15, 0.2) is 0 Å². The van der Waals surface area contributed by atoms with Crippen molar-refractivity contribution in [2.75, 3.05) is 19.6 Å². The number of aryl methyl sites for hydroxylation is 1. The summed E-state index contributed by atoms with van der Waals surface area (Å²) in [5, 5.41) is 7.29. The van der Waals surface area contributed by atoms with Gasteiger partial charge in [-0.3, -0.25) is 4.79 Å². The van der Waals surface area contributed by atoms with Crippen molar-refractivity contribution in [2.24, 2.45) is 0 Å². The summed E-state index contributed by atoms with van der Waals surface area (Å²) in [6.45, 7) is 6.81. The molecule has 4 aromatic rings. The molecule has 0 spiro atoms. The van der Waals surface area contributed by atoms with E-state index in [0.717, 1.165) is 27.8 Å². The number of aromatic nitrogens is 3. The summed E-state index contributed by atoms with van der Waals surface area (Å²) < 4.78 is 30.6. The average Bonchev–Trinajstić information content (AvgIpc) is 3.56. The van der Waals surface area contributed by atoms with Crippen LogP contribution in [-0.4, -0.2) is 64.0 Å². The number of rotatable bonds is 7. The third-order valence-corrected chi connectivity index (χ3v) is 10.3. The first-order valence-electron chi connectivity index (χ1n) is 12.9. The Morgan fingerprint density at radius 2 is 1.82 bits per heavy atom. The lowest BCUT2D eigenvalue weighted by Gasteiger charge is -2.39. The molecule has 0 saturated carbocycles. The Kier molecular flexibility index (Phi) is 8.04. The van der Waals surface area contributed by atoms with Gasteiger partial charge in [0.2, 0.25) is 15.2 Å². The highest BCUT2D eigenvalue weighted by Gasteiger charge is 2.36. The van der Waals surface area contributed by atoms with E-state index >= 15 is 0 Å². The standard InChI is InChI=1S/C28H30BrN5O3S2/c1-4-5-26-24(16-30-34(26)28-31-25(18-38-28)21-8-6-19(2)7-9-21)27(35)32-14-15-33(20(3)17-32)39(36,37)23-12-10-22(29)11-13-23/h6-13,16,18,20H,4-5,14-15,17H2,1-3H3. The van der Waals surface area contributed by atoms with Gasteiger partial charge in [0, 0.05) is 41.1 Å². The smallest absolute Gasteiger partial charge is 0.257 e. The quantitative estimate of drug-likeness (QED) is 0.268. The lowest BCUT2D eigenvalue weighted by atomic mass is 10.1. The summed E-state index contributed by atoms with van der Waals surface area (Å²) in [4.78, 5) is 20.5. The fourth-order valence-electron chi connectivity index (χ4n) is 4.81. The van der Waals surface area contributed by atoms with E-state index in [2.05, 4.69) is 59.1 Å². The fourth-order valence-corrected chi connectivity index (χ4v) is 7.50. The van der Waals surface area contributed by atoms with Gasteiger partial charge < -0.3 is 4.90 Å². The van der Waals surface area contributed by atoms with Gasteiger partial charge in [-0.05, 0) is 44.5 Å². The number of nitrogens with zero attached hydrogens (tertiary/aromatic N) is 5. The fraction of sp³-hybridized carbons (Fsp3) is 0.321. The van der Waals surface area contributed by atoms with E-state index in [1.165, 1.54) is 21.2 Å². The van der Waals surface area contributed by atoms with Crippen molar-refractivity contribution in [3.05, 3.63) is 81.4 Å². The molecule has 1 atom stereocenters. The van der Waals surface area contributed by atoms with Crippen molar-refractivity contribution in [3.8, 4) is 16.4 Å². The van der Waals surface area contributed by atoms with Gasteiger partial charge in [0.05, 0.1) is 28.0 Å². The molecule has 11 heteroatoms. The van der Waals surface area contributed by atoms with Crippen molar-refractivity contribution in [1.29, 1.82) is 0 Å². The molecule has 5 rings (SSSR count). The molecule has 2 aromatic carbocycles. The molecule has 3 heterocycles. The maximum absolute atomic E-state index is 13.7. The summed E-state index contributed by atoms with van der Waals surface area (Å²) in [6, 6.07) is 14.5. The molecule has 1 saturated heterocycles. The van der Waals surface area contributed by atoms with Gasteiger partial charge in [0.1, 0.15) is 0 Å². The molecule has 0 radical (unpaired) electrons. The molecule has 0 aliphatic carbocycles. The molecule has 39 heavy (non-hydrogen) atoms.